The Morgan fingerprint density at radius 2 is 1.81 bits per heavy atom. The predicted octanol–water partition coefficient (Wildman–Crippen LogP) is 1.48. The van der Waals surface area contributed by atoms with Crippen LogP contribution in [0.2, 0.25) is 0 Å². The molecule has 2 N–H and O–H groups in total. The van der Waals surface area contributed by atoms with E-state index in [0.717, 1.165) is 0 Å². The molecule has 0 aliphatic heterocycles. The summed E-state index contributed by atoms with van der Waals surface area (Å²) in [6.07, 6.45) is 0.0635. The van der Waals surface area contributed by atoms with Crippen LogP contribution in [0, 0.1) is 5.82 Å². The lowest BCUT2D eigenvalue weighted by molar-refractivity contribution is -0.140. The molecule has 5 heteroatoms. The lowest BCUT2D eigenvalue weighted by atomic mass is 9.96. The SMILES string of the molecule is NC(=O)OC(=O)C1(c2ccc(F)cc2)CC1. The van der Waals surface area contributed by atoms with Crippen LogP contribution in [0.15, 0.2) is 24.3 Å². The fourth-order valence-electron chi connectivity index (χ4n) is 1.69. The lowest BCUT2D eigenvalue weighted by Gasteiger charge is -2.12. The molecule has 1 aliphatic carbocycles. The van der Waals surface area contributed by atoms with E-state index < -0.39 is 17.5 Å². The minimum atomic E-state index is -1.11. The second-order valence-corrected chi connectivity index (χ2v) is 3.80. The summed E-state index contributed by atoms with van der Waals surface area (Å²) < 4.78 is 17.1. The quantitative estimate of drug-likeness (QED) is 0.609. The Morgan fingerprint density at radius 3 is 2.25 bits per heavy atom. The van der Waals surface area contributed by atoms with Gasteiger partial charge in [0.05, 0.1) is 5.41 Å². The molecule has 4 nitrogen and oxygen atoms in total. The van der Waals surface area contributed by atoms with Crippen molar-refractivity contribution in [1.29, 1.82) is 0 Å². The molecule has 0 aromatic heterocycles. The number of rotatable bonds is 2. The molecule has 0 saturated heterocycles. The minimum Gasteiger partial charge on any atom is -0.376 e. The maximum Gasteiger partial charge on any atom is 0.412 e. The van der Waals surface area contributed by atoms with Crippen molar-refractivity contribution in [2.24, 2.45) is 5.73 Å². The van der Waals surface area contributed by atoms with E-state index in [2.05, 4.69) is 4.74 Å². The Kier molecular flexibility index (Phi) is 2.38. The van der Waals surface area contributed by atoms with Gasteiger partial charge in [-0.1, -0.05) is 12.1 Å². The van der Waals surface area contributed by atoms with E-state index in [1.165, 1.54) is 24.3 Å². The van der Waals surface area contributed by atoms with E-state index in [9.17, 15) is 14.0 Å². The molecule has 1 saturated carbocycles. The molecule has 1 amide bonds. The Bertz CT molecular complexity index is 437. The molecular formula is C11H10FNO3. The standard InChI is InChI=1S/C11H10FNO3/c12-8-3-1-7(2-4-8)11(5-6-11)9(14)16-10(13)15/h1-4H,5-6H2,(H2,13,15). The van der Waals surface area contributed by atoms with Crippen molar-refractivity contribution >= 4 is 12.1 Å². The molecule has 0 bridgehead atoms. The highest BCUT2D eigenvalue weighted by molar-refractivity contribution is 5.93. The molecule has 1 aromatic rings. The van der Waals surface area contributed by atoms with Crippen LogP contribution in [0.4, 0.5) is 9.18 Å². The summed E-state index contributed by atoms with van der Waals surface area (Å²) in [5, 5.41) is 0. The maximum atomic E-state index is 12.7. The summed E-state index contributed by atoms with van der Waals surface area (Å²) in [7, 11) is 0. The number of nitrogens with two attached hydrogens (primary N) is 1. The number of amides is 1. The van der Waals surface area contributed by atoms with Crippen molar-refractivity contribution in [3.8, 4) is 0 Å². The number of hydrogen-bond acceptors (Lipinski definition) is 3. The first-order valence-corrected chi connectivity index (χ1v) is 4.82. The summed E-state index contributed by atoms with van der Waals surface area (Å²) in [6.45, 7) is 0. The lowest BCUT2D eigenvalue weighted by Crippen LogP contribution is -2.28. The van der Waals surface area contributed by atoms with Crippen LogP contribution in [0.5, 0.6) is 0 Å². The molecule has 0 spiro atoms. The number of hydrogen-bond donors (Lipinski definition) is 1. The second-order valence-electron chi connectivity index (χ2n) is 3.80. The van der Waals surface area contributed by atoms with Gasteiger partial charge in [0.15, 0.2) is 0 Å². The number of esters is 1. The van der Waals surface area contributed by atoms with Gasteiger partial charge in [-0.3, -0.25) is 4.79 Å². The van der Waals surface area contributed by atoms with Gasteiger partial charge < -0.3 is 10.5 Å². The van der Waals surface area contributed by atoms with E-state index >= 15 is 0 Å². The van der Waals surface area contributed by atoms with Gasteiger partial charge >= 0.3 is 12.1 Å². The zero-order valence-electron chi connectivity index (χ0n) is 8.40. The first-order chi connectivity index (χ1) is 7.54. The molecular weight excluding hydrogens is 213 g/mol. The van der Waals surface area contributed by atoms with E-state index in [4.69, 9.17) is 5.73 Å². The number of ether oxygens (including phenoxy) is 1. The number of benzene rings is 1. The van der Waals surface area contributed by atoms with Gasteiger partial charge in [-0.2, -0.15) is 0 Å². The highest BCUT2D eigenvalue weighted by Gasteiger charge is 2.53. The fraction of sp³-hybridized carbons (Fsp3) is 0.273. The topological polar surface area (TPSA) is 69.4 Å². The molecule has 1 aromatic carbocycles. The van der Waals surface area contributed by atoms with Crippen LogP contribution in [0.3, 0.4) is 0 Å². The highest BCUT2D eigenvalue weighted by Crippen LogP contribution is 2.49. The molecule has 0 heterocycles. The number of carbonyl (C=O) groups is 2. The van der Waals surface area contributed by atoms with Gasteiger partial charge in [-0.25, -0.2) is 9.18 Å². The Hall–Kier alpha value is -1.91. The average molecular weight is 223 g/mol. The zero-order valence-corrected chi connectivity index (χ0v) is 8.40. The Labute approximate surface area is 91.2 Å². The molecule has 0 radical (unpaired) electrons. The largest absolute Gasteiger partial charge is 0.412 e. The summed E-state index contributed by atoms with van der Waals surface area (Å²) >= 11 is 0. The van der Waals surface area contributed by atoms with E-state index in [0.29, 0.717) is 18.4 Å². The summed E-state index contributed by atoms with van der Waals surface area (Å²) in [6, 6.07) is 5.58. The molecule has 16 heavy (non-hydrogen) atoms. The molecule has 0 unspecified atom stereocenters. The summed E-state index contributed by atoms with van der Waals surface area (Å²) in [5.41, 5.74) is 4.63. The Morgan fingerprint density at radius 1 is 1.25 bits per heavy atom. The zero-order chi connectivity index (χ0) is 11.8. The predicted molar refractivity (Wildman–Crippen MR) is 53.0 cm³/mol. The second kappa shape index (κ2) is 3.59. The molecule has 0 atom stereocenters. The van der Waals surface area contributed by atoms with Gasteiger partial charge in [0, 0.05) is 0 Å². The normalized spacial score (nSPS) is 16.6. The summed E-state index contributed by atoms with van der Waals surface area (Å²) in [4.78, 5) is 22.1. The maximum absolute atomic E-state index is 12.7. The van der Waals surface area contributed by atoms with Crippen LogP contribution in [-0.4, -0.2) is 12.1 Å². The van der Waals surface area contributed by atoms with Crippen molar-refractivity contribution < 1.29 is 18.7 Å². The van der Waals surface area contributed by atoms with Gasteiger partial charge in [0.2, 0.25) is 0 Å². The van der Waals surface area contributed by atoms with E-state index in [-0.39, 0.29) is 5.82 Å². The molecule has 2 rings (SSSR count). The Balaban J connectivity index is 2.22. The molecule has 84 valence electrons. The van der Waals surface area contributed by atoms with Crippen LogP contribution in [0.25, 0.3) is 0 Å². The van der Waals surface area contributed by atoms with Crippen molar-refractivity contribution in [3.63, 3.8) is 0 Å². The third-order valence-electron chi connectivity index (χ3n) is 2.73. The van der Waals surface area contributed by atoms with E-state index in [1.54, 1.807) is 0 Å². The van der Waals surface area contributed by atoms with Gasteiger partial charge in [-0.15, -0.1) is 0 Å². The smallest absolute Gasteiger partial charge is 0.376 e. The van der Waals surface area contributed by atoms with Gasteiger partial charge in [0.25, 0.3) is 0 Å². The van der Waals surface area contributed by atoms with Crippen LogP contribution < -0.4 is 5.73 Å². The minimum absolute atomic E-state index is 0.372. The summed E-state index contributed by atoms with van der Waals surface area (Å²) in [5.74, 6) is -1.03. The first-order valence-electron chi connectivity index (χ1n) is 4.82. The van der Waals surface area contributed by atoms with Crippen molar-refractivity contribution in [2.45, 2.75) is 18.3 Å². The van der Waals surface area contributed by atoms with E-state index in [1.807, 2.05) is 0 Å². The van der Waals surface area contributed by atoms with Gasteiger partial charge in [0.1, 0.15) is 5.82 Å². The molecule has 1 fully saturated rings. The van der Waals surface area contributed by atoms with Crippen molar-refractivity contribution in [1.82, 2.24) is 0 Å². The number of carbonyl (C=O) groups excluding carboxylic acids is 2. The number of halogens is 1. The highest BCUT2D eigenvalue weighted by atomic mass is 19.1. The first kappa shape index (κ1) is 10.6. The third-order valence-corrected chi connectivity index (χ3v) is 2.73. The number of primary amides is 1. The molecule has 1 aliphatic rings. The fourth-order valence-corrected chi connectivity index (χ4v) is 1.69. The van der Waals surface area contributed by atoms with Crippen LogP contribution in [-0.2, 0) is 14.9 Å². The van der Waals surface area contributed by atoms with Crippen LogP contribution in [0.1, 0.15) is 18.4 Å². The van der Waals surface area contributed by atoms with Crippen molar-refractivity contribution in [3.05, 3.63) is 35.6 Å². The average Bonchev–Trinajstić information content (AvgIpc) is 2.98. The van der Waals surface area contributed by atoms with Crippen molar-refractivity contribution in [2.75, 3.05) is 0 Å². The van der Waals surface area contributed by atoms with Crippen LogP contribution >= 0.6 is 0 Å². The monoisotopic (exact) mass is 223 g/mol. The third kappa shape index (κ3) is 1.76. The van der Waals surface area contributed by atoms with Gasteiger partial charge in [-0.05, 0) is 30.5 Å².